The Morgan fingerprint density at radius 3 is 2.52 bits per heavy atom. The zero-order valence-corrected chi connectivity index (χ0v) is 12.2. The molecular formula is C14H23N3O4. The Kier molecular flexibility index (Phi) is 7.52. The summed E-state index contributed by atoms with van der Waals surface area (Å²) in [6, 6.07) is 5.01. The van der Waals surface area contributed by atoms with Crippen LogP contribution >= 0.6 is 0 Å². The second-order valence-corrected chi connectivity index (χ2v) is 4.55. The Morgan fingerprint density at radius 2 is 1.95 bits per heavy atom. The van der Waals surface area contributed by atoms with E-state index >= 15 is 0 Å². The molecule has 0 aliphatic heterocycles. The van der Waals surface area contributed by atoms with Crippen molar-refractivity contribution in [2.75, 3.05) is 51.0 Å². The van der Waals surface area contributed by atoms with Gasteiger partial charge in [0.1, 0.15) is 5.75 Å². The number of anilines is 2. The fraction of sp³-hybridized carbons (Fsp3) is 0.500. The van der Waals surface area contributed by atoms with Crippen LogP contribution < -0.4 is 15.8 Å². The molecule has 0 aromatic heterocycles. The van der Waals surface area contributed by atoms with Gasteiger partial charge < -0.3 is 26.0 Å². The maximum absolute atomic E-state index is 11.9. The first-order valence-corrected chi connectivity index (χ1v) is 6.78. The minimum atomic E-state index is -0.168. The smallest absolute Gasteiger partial charge is 0.225 e. The highest BCUT2D eigenvalue weighted by Crippen LogP contribution is 2.26. The second-order valence-electron chi connectivity index (χ2n) is 4.55. The molecule has 0 aliphatic rings. The van der Waals surface area contributed by atoms with Gasteiger partial charge in [-0.25, -0.2) is 0 Å². The molecule has 1 aromatic rings. The average Bonchev–Trinajstić information content (AvgIpc) is 2.47. The molecule has 0 saturated heterocycles. The van der Waals surface area contributed by atoms with Crippen molar-refractivity contribution >= 4 is 17.3 Å². The third kappa shape index (κ3) is 5.99. The lowest BCUT2D eigenvalue weighted by Gasteiger charge is -2.19. The van der Waals surface area contributed by atoms with Crippen LogP contribution in [0.4, 0.5) is 11.4 Å². The summed E-state index contributed by atoms with van der Waals surface area (Å²) in [6.07, 6.45) is 0.257. The van der Waals surface area contributed by atoms with Crippen LogP contribution in [0.2, 0.25) is 0 Å². The fourth-order valence-electron chi connectivity index (χ4n) is 1.90. The summed E-state index contributed by atoms with van der Waals surface area (Å²) in [7, 11) is 1.51. The van der Waals surface area contributed by atoms with Gasteiger partial charge in [0.15, 0.2) is 0 Å². The summed E-state index contributed by atoms with van der Waals surface area (Å²) in [6.45, 7) is 1.31. The molecule has 0 radical (unpaired) electrons. The number of carbonyl (C=O) groups is 1. The summed E-state index contributed by atoms with van der Waals surface area (Å²) in [5.74, 6) is 0.338. The third-order valence-electron chi connectivity index (χ3n) is 2.99. The number of nitrogen functional groups attached to an aromatic ring is 1. The van der Waals surface area contributed by atoms with E-state index in [1.807, 2.05) is 4.90 Å². The molecular weight excluding hydrogens is 274 g/mol. The number of nitrogens with two attached hydrogens (primary N) is 1. The Hall–Kier alpha value is -1.83. The Balaban J connectivity index is 2.53. The lowest BCUT2D eigenvalue weighted by atomic mass is 10.2. The SMILES string of the molecule is COc1cc(N)ccc1NC(=O)CCN(CCO)CCO. The average molecular weight is 297 g/mol. The highest BCUT2D eigenvalue weighted by Gasteiger charge is 2.10. The van der Waals surface area contributed by atoms with Gasteiger partial charge in [0.2, 0.25) is 5.91 Å². The van der Waals surface area contributed by atoms with Gasteiger partial charge in [-0.3, -0.25) is 9.69 Å². The molecule has 1 rings (SSSR count). The molecule has 1 aromatic carbocycles. The first-order valence-electron chi connectivity index (χ1n) is 6.78. The van der Waals surface area contributed by atoms with Crippen molar-refractivity contribution in [2.45, 2.75) is 6.42 Å². The molecule has 0 aliphatic carbocycles. The molecule has 0 saturated carbocycles. The molecule has 0 atom stereocenters. The third-order valence-corrected chi connectivity index (χ3v) is 2.99. The normalized spacial score (nSPS) is 10.7. The number of aliphatic hydroxyl groups is 2. The molecule has 0 bridgehead atoms. The van der Waals surface area contributed by atoms with Crippen LogP contribution in [0.25, 0.3) is 0 Å². The van der Waals surface area contributed by atoms with Crippen LogP contribution in [0.5, 0.6) is 5.75 Å². The maximum Gasteiger partial charge on any atom is 0.225 e. The molecule has 7 heteroatoms. The van der Waals surface area contributed by atoms with Gasteiger partial charge in [-0.2, -0.15) is 0 Å². The van der Waals surface area contributed by atoms with E-state index in [1.165, 1.54) is 7.11 Å². The van der Waals surface area contributed by atoms with Crippen molar-refractivity contribution in [2.24, 2.45) is 0 Å². The van der Waals surface area contributed by atoms with Gasteiger partial charge in [-0.05, 0) is 12.1 Å². The highest BCUT2D eigenvalue weighted by atomic mass is 16.5. The second kappa shape index (κ2) is 9.17. The van der Waals surface area contributed by atoms with Gasteiger partial charge in [0, 0.05) is 37.8 Å². The van der Waals surface area contributed by atoms with E-state index in [-0.39, 0.29) is 25.5 Å². The number of ether oxygens (including phenoxy) is 1. The first kappa shape index (κ1) is 17.2. The van der Waals surface area contributed by atoms with Crippen molar-refractivity contribution < 1.29 is 19.7 Å². The van der Waals surface area contributed by atoms with Gasteiger partial charge >= 0.3 is 0 Å². The Morgan fingerprint density at radius 1 is 1.29 bits per heavy atom. The van der Waals surface area contributed by atoms with E-state index in [1.54, 1.807) is 18.2 Å². The highest BCUT2D eigenvalue weighted by molar-refractivity contribution is 5.92. The molecule has 1 amide bonds. The molecule has 0 unspecified atom stereocenters. The van der Waals surface area contributed by atoms with E-state index in [0.29, 0.717) is 36.8 Å². The van der Waals surface area contributed by atoms with Crippen LogP contribution in [-0.2, 0) is 4.79 Å². The van der Waals surface area contributed by atoms with Crippen LogP contribution in [0.3, 0.4) is 0 Å². The number of amides is 1. The van der Waals surface area contributed by atoms with Crippen molar-refractivity contribution in [3.05, 3.63) is 18.2 Å². The lowest BCUT2D eigenvalue weighted by molar-refractivity contribution is -0.116. The summed E-state index contributed by atoms with van der Waals surface area (Å²) in [5, 5.41) is 20.6. The van der Waals surface area contributed by atoms with Gasteiger partial charge in [-0.1, -0.05) is 0 Å². The van der Waals surface area contributed by atoms with E-state index in [9.17, 15) is 4.79 Å². The molecule has 21 heavy (non-hydrogen) atoms. The minimum absolute atomic E-state index is 0.00654. The standard InChI is InChI=1S/C14H23N3O4/c1-21-13-10-11(15)2-3-12(13)16-14(20)4-5-17(6-8-18)7-9-19/h2-3,10,18-19H,4-9,15H2,1H3,(H,16,20). The quantitative estimate of drug-likeness (QED) is 0.474. The van der Waals surface area contributed by atoms with Crippen LogP contribution in [-0.4, -0.2) is 61.0 Å². The monoisotopic (exact) mass is 297 g/mol. The summed E-state index contributed by atoms with van der Waals surface area (Å²) in [4.78, 5) is 13.7. The molecule has 0 spiro atoms. The maximum atomic E-state index is 11.9. The van der Waals surface area contributed by atoms with Crippen molar-refractivity contribution in [1.82, 2.24) is 4.90 Å². The largest absolute Gasteiger partial charge is 0.494 e. The Labute approximate surface area is 124 Å². The number of aliphatic hydroxyl groups excluding tert-OH is 2. The summed E-state index contributed by atoms with van der Waals surface area (Å²) in [5.41, 5.74) is 6.77. The number of carbonyl (C=O) groups excluding carboxylic acids is 1. The van der Waals surface area contributed by atoms with Crippen molar-refractivity contribution in [3.63, 3.8) is 0 Å². The van der Waals surface area contributed by atoms with Crippen molar-refractivity contribution in [3.8, 4) is 5.75 Å². The summed E-state index contributed by atoms with van der Waals surface area (Å²) >= 11 is 0. The predicted octanol–water partition coefficient (Wildman–Crippen LogP) is -0.107. The minimum Gasteiger partial charge on any atom is -0.494 e. The van der Waals surface area contributed by atoms with E-state index < -0.39 is 0 Å². The topological polar surface area (TPSA) is 108 Å². The van der Waals surface area contributed by atoms with Gasteiger partial charge in [-0.15, -0.1) is 0 Å². The van der Waals surface area contributed by atoms with Gasteiger partial charge in [0.05, 0.1) is 26.0 Å². The number of hydrogen-bond acceptors (Lipinski definition) is 6. The number of nitrogens with one attached hydrogen (secondary N) is 1. The fourth-order valence-corrected chi connectivity index (χ4v) is 1.90. The number of nitrogens with zero attached hydrogens (tertiary/aromatic N) is 1. The molecule has 118 valence electrons. The van der Waals surface area contributed by atoms with E-state index in [4.69, 9.17) is 20.7 Å². The van der Waals surface area contributed by atoms with E-state index in [2.05, 4.69) is 5.32 Å². The zero-order valence-electron chi connectivity index (χ0n) is 12.2. The number of hydrogen-bond donors (Lipinski definition) is 4. The van der Waals surface area contributed by atoms with Crippen LogP contribution in [0.1, 0.15) is 6.42 Å². The molecule has 0 heterocycles. The number of methoxy groups -OCH3 is 1. The molecule has 0 fully saturated rings. The summed E-state index contributed by atoms with van der Waals surface area (Å²) < 4.78 is 5.16. The molecule has 5 N–H and O–H groups in total. The van der Waals surface area contributed by atoms with Gasteiger partial charge in [0.25, 0.3) is 0 Å². The zero-order chi connectivity index (χ0) is 15.7. The van der Waals surface area contributed by atoms with Crippen molar-refractivity contribution in [1.29, 1.82) is 0 Å². The number of rotatable bonds is 9. The number of benzene rings is 1. The predicted molar refractivity (Wildman–Crippen MR) is 81.3 cm³/mol. The Bertz CT molecular complexity index is 448. The van der Waals surface area contributed by atoms with E-state index in [0.717, 1.165) is 0 Å². The first-order chi connectivity index (χ1) is 10.1. The van der Waals surface area contributed by atoms with Crippen LogP contribution in [0.15, 0.2) is 18.2 Å². The van der Waals surface area contributed by atoms with Crippen LogP contribution in [0, 0.1) is 0 Å². The lowest BCUT2D eigenvalue weighted by Crippen LogP contribution is -2.32. The molecule has 7 nitrogen and oxygen atoms in total.